The monoisotopic (exact) mass is 642 g/mol. The predicted octanol–water partition coefficient (Wildman–Crippen LogP) is 3.13. The first kappa shape index (κ1) is 33.9. The van der Waals surface area contributed by atoms with Gasteiger partial charge in [0.25, 0.3) is 8.32 Å². The number of ether oxygens (including phenoxy) is 7. The molecule has 10 nitrogen and oxygen atoms in total. The standard InChI is InChI=1S/C34H46O10Si/c1-22(35)34(41-23(2)36)29-27-26(42-31(6,38-9)32(7,39-10)43-27)28(37-8)33(34,44-29)21-40-45(30(3,4)5,24-17-13-11-14-18-24)25-19-15-12-16-20-25/h11-20,26-29H,21H2,1-10H3/t26-,27-,28+,29+,31-,32-,33-,34-/m1/s1. The largest absolute Gasteiger partial charge is 0.445 e. The van der Waals surface area contributed by atoms with Crippen LogP contribution in [-0.2, 0) is 47.2 Å². The smallest absolute Gasteiger partial charge is 0.303 e. The highest BCUT2D eigenvalue weighted by molar-refractivity contribution is 6.99. The Hall–Kier alpha value is -2.48. The van der Waals surface area contributed by atoms with Crippen LogP contribution in [0.3, 0.4) is 0 Å². The van der Waals surface area contributed by atoms with Crippen molar-refractivity contribution in [1.82, 2.24) is 0 Å². The normalized spacial score (nSPS) is 36.0. The molecule has 45 heavy (non-hydrogen) atoms. The van der Waals surface area contributed by atoms with Crippen LogP contribution in [0.15, 0.2) is 60.7 Å². The average molecular weight is 643 g/mol. The number of methoxy groups -OCH3 is 3. The van der Waals surface area contributed by atoms with E-state index < -0.39 is 67.3 Å². The van der Waals surface area contributed by atoms with Gasteiger partial charge in [0.1, 0.15) is 24.4 Å². The van der Waals surface area contributed by atoms with Gasteiger partial charge in [0.15, 0.2) is 11.4 Å². The van der Waals surface area contributed by atoms with Gasteiger partial charge in [-0.1, -0.05) is 81.4 Å². The summed E-state index contributed by atoms with van der Waals surface area (Å²) in [6.07, 6.45) is -3.73. The summed E-state index contributed by atoms with van der Waals surface area (Å²) in [6.45, 7) is 12.4. The molecule has 8 atom stereocenters. The number of esters is 1. The molecule has 3 saturated heterocycles. The first-order valence-corrected chi connectivity index (χ1v) is 17.2. The zero-order chi connectivity index (χ0) is 33.1. The molecule has 0 N–H and O–H groups in total. The van der Waals surface area contributed by atoms with Crippen molar-refractivity contribution >= 4 is 30.4 Å². The van der Waals surface area contributed by atoms with E-state index in [0.717, 1.165) is 10.4 Å². The molecule has 4 fully saturated rings. The second-order valence-corrected chi connectivity index (χ2v) is 17.7. The highest BCUT2D eigenvalue weighted by Gasteiger charge is 2.86. The van der Waals surface area contributed by atoms with E-state index >= 15 is 0 Å². The molecule has 2 aromatic rings. The lowest BCUT2D eigenvalue weighted by atomic mass is 9.58. The maximum Gasteiger partial charge on any atom is 0.303 e. The molecule has 2 bridgehead atoms. The Morgan fingerprint density at radius 2 is 1.29 bits per heavy atom. The van der Waals surface area contributed by atoms with E-state index in [1.54, 1.807) is 13.8 Å². The van der Waals surface area contributed by atoms with Crippen molar-refractivity contribution in [2.24, 2.45) is 0 Å². The first-order valence-electron chi connectivity index (χ1n) is 15.2. The summed E-state index contributed by atoms with van der Waals surface area (Å²) >= 11 is 0. The molecular weight excluding hydrogens is 596 g/mol. The molecule has 0 aromatic heterocycles. The SMILES string of the molecule is CO[C@H]1[C@@H]2O[C@@](C)(OC)[C@](C)(OC)O[C@H]2[C@@H]2O[C@@]1(CO[Si](c1ccccc1)(c1ccccc1)C(C)(C)C)[C@@]2(OC(C)=O)C(C)=O. The lowest BCUT2D eigenvalue weighted by molar-refractivity contribution is -0.517. The maximum absolute atomic E-state index is 13.9. The van der Waals surface area contributed by atoms with E-state index in [0.29, 0.717) is 0 Å². The number of rotatable bonds is 10. The van der Waals surface area contributed by atoms with Crippen molar-refractivity contribution < 1.29 is 47.2 Å². The molecule has 0 amide bonds. The zero-order valence-electron chi connectivity index (χ0n) is 27.9. The van der Waals surface area contributed by atoms with Crippen molar-refractivity contribution in [2.45, 2.75) is 101 Å². The summed E-state index contributed by atoms with van der Waals surface area (Å²) in [7, 11) is 1.34. The van der Waals surface area contributed by atoms with Crippen LogP contribution < -0.4 is 10.4 Å². The first-order chi connectivity index (χ1) is 21.1. The Morgan fingerprint density at radius 1 is 0.800 bits per heavy atom. The van der Waals surface area contributed by atoms with Gasteiger partial charge in [0.05, 0.1) is 6.61 Å². The average Bonchev–Trinajstić information content (AvgIpc) is 3.00. The summed E-state index contributed by atoms with van der Waals surface area (Å²) in [5.41, 5.74) is -3.39. The Bertz CT molecular complexity index is 1360. The summed E-state index contributed by atoms with van der Waals surface area (Å²) in [5, 5.41) is 1.70. The van der Waals surface area contributed by atoms with Gasteiger partial charge in [0, 0.05) is 28.3 Å². The van der Waals surface area contributed by atoms with E-state index in [9.17, 15) is 9.59 Å². The molecule has 1 saturated carbocycles. The molecule has 6 rings (SSSR count). The fraction of sp³-hybridized carbons (Fsp3) is 0.588. The third-order valence-electron chi connectivity index (χ3n) is 10.1. The van der Waals surface area contributed by atoms with Gasteiger partial charge in [-0.3, -0.25) is 9.59 Å². The molecule has 0 unspecified atom stereocenters. The van der Waals surface area contributed by atoms with Gasteiger partial charge < -0.3 is 37.6 Å². The van der Waals surface area contributed by atoms with Crippen LogP contribution in [0.2, 0.25) is 5.04 Å². The van der Waals surface area contributed by atoms with Crippen molar-refractivity contribution in [3.05, 3.63) is 60.7 Å². The van der Waals surface area contributed by atoms with E-state index in [2.05, 4.69) is 45.0 Å². The summed E-state index contributed by atoms with van der Waals surface area (Å²) in [4.78, 5) is 26.7. The number of hydrogen-bond acceptors (Lipinski definition) is 10. The topological polar surface area (TPSA) is 108 Å². The summed E-state index contributed by atoms with van der Waals surface area (Å²) in [6, 6.07) is 20.2. The highest BCUT2D eigenvalue weighted by atomic mass is 28.4. The van der Waals surface area contributed by atoms with Crippen LogP contribution >= 0.6 is 0 Å². The molecule has 11 heteroatoms. The molecule has 4 aliphatic rings. The van der Waals surface area contributed by atoms with Gasteiger partial charge in [0.2, 0.25) is 17.2 Å². The van der Waals surface area contributed by atoms with Gasteiger partial charge in [-0.05, 0) is 36.2 Å². The third kappa shape index (κ3) is 4.69. The number of hydrogen-bond donors (Lipinski definition) is 0. The molecule has 0 radical (unpaired) electrons. The van der Waals surface area contributed by atoms with E-state index in [1.165, 1.54) is 35.2 Å². The molecule has 2 aromatic carbocycles. The van der Waals surface area contributed by atoms with E-state index in [-0.39, 0.29) is 11.6 Å². The summed E-state index contributed by atoms with van der Waals surface area (Å²) < 4.78 is 51.0. The molecule has 3 aliphatic heterocycles. The summed E-state index contributed by atoms with van der Waals surface area (Å²) in [5.74, 6) is -3.81. The maximum atomic E-state index is 13.9. The van der Waals surface area contributed by atoms with Crippen molar-refractivity contribution in [3.63, 3.8) is 0 Å². The van der Waals surface area contributed by atoms with Crippen LogP contribution in [0, 0.1) is 0 Å². The van der Waals surface area contributed by atoms with Crippen molar-refractivity contribution in [1.29, 1.82) is 0 Å². The van der Waals surface area contributed by atoms with Crippen molar-refractivity contribution in [2.75, 3.05) is 27.9 Å². The number of carbonyl (C=O) groups is 2. The molecule has 246 valence electrons. The fourth-order valence-electron chi connectivity index (χ4n) is 7.69. The molecule has 3 heterocycles. The van der Waals surface area contributed by atoms with E-state index in [1.807, 2.05) is 36.4 Å². The Labute approximate surface area is 266 Å². The van der Waals surface area contributed by atoms with E-state index in [4.69, 9.17) is 37.6 Å². The zero-order valence-corrected chi connectivity index (χ0v) is 28.9. The van der Waals surface area contributed by atoms with Gasteiger partial charge >= 0.3 is 5.97 Å². The minimum Gasteiger partial charge on any atom is -0.445 e. The Morgan fingerprint density at radius 3 is 1.69 bits per heavy atom. The Balaban J connectivity index is 1.69. The van der Waals surface area contributed by atoms with Crippen LogP contribution in [0.4, 0.5) is 0 Å². The highest BCUT2D eigenvalue weighted by Crippen LogP contribution is 2.61. The molecule has 1 aliphatic carbocycles. The molecular formula is C34H46O10Si. The van der Waals surface area contributed by atoms with Crippen LogP contribution in [0.25, 0.3) is 0 Å². The third-order valence-corrected chi connectivity index (χ3v) is 15.1. The van der Waals surface area contributed by atoms with Crippen LogP contribution in [0.5, 0.6) is 0 Å². The second-order valence-electron chi connectivity index (χ2n) is 13.4. The van der Waals surface area contributed by atoms with Gasteiger partial charge in [-0.2, -0.15) is 0 Å². The Kier molecular flexibility index (Phi) is 8.76. The van der Waals surface area contributed by atoms with Crippen LogP contribution in [0.1, 0.15) is 48.5 Å². The lowest BCUT2D eigenvalue weighted by Gasteiger charge is -2.72. The minimum absolute atomic E-state index is 0.139. The number of ketones is 1. The predicted molar refractivity (Wildman–Crippen MR) is 168 cm³/mol. The second kappa shape index (κ2) is 11.6. The quantitative estimate of drug-likeness (QED) is 0.283. The fourth-order valence-corrected chi connectivity index (χ4v) is 12.3. The van der Waals surface area contributed by atoms with Crippen molar-refractivity contribution in [3.8, 4) is 0 Å². The molecule has 0 spiro atoms. The number of Topliss-reactive ketones (excluding diaryl/α,β-unsaturated/α-hetero) is 1. The van der Waals surface area contributed by atoms with Gasteiger partial charge in [-0.25, -0.2) is 0 Å². The van der Waals surface area contributed by atoms with Gasteiger partial charge in [-0.15, -0.1) is 0 Å². The minimum atomic E-state index is -3.15. The van der Waals surface area contributed by atoms with Crippen LogP contribution in [-0.4, -0.2) is 95.2 Å². The number of benzene rings is 2. The lowest BCUT2D eigenvalue weighted by Crippen LogP contribution is -2.94. The number of carbonyl (C=O) groups excluding carboxylic acids is 2.